The van der Waals surface area contributed by atoms with Crippen molar-refractivity contribution in [1.82, 2.24) is 0 Å². The van der Waals surface area contributed by atoms with Crippen LogP contribution in [0, 0.1) is 0 Å². The molecule has 2 unspecified atom stereocenters. The van der Waals surface area contributed by atoms with Gasteiger partial charge in [-0.2, -0.15) is 0 Å². The average molecular weight is 235 g/mol. The SMILES string of the molecule is NC1CCC(F)(c2ccc(OC3CC3)cc2)C1. The summed E-state index contributed by atoms with van der Waals surface area (Å²) in [6.45, 7) is 0. The maximum Gasteiger partial charge on any atom is 0.137 e. The fraction of sp³-hybridized carbons (Fsp3) is 0.571. The lowest BCUT2D eigenvalue weighted by atomic mass is 9.94. The van der Waals surface area contributed by atoms with Crippen LogP contribution in [0.2, 0.25) is 0 Å². The van der Waals surface area contributed by atoms with Gasteiger partial charge >= 0.3 is 0 Å². The fourth-order valence-corrected chi connectivity index (χ4v) is 2.51. The molecule has 92 valence electrons. The Balaban J connectivity index is 1.74. The van der Waals surface area contributed by atoms with Crippen LogP contribution in [0.3, 0.4) is 0 Å². The largest absolute Gasteiger partial charge is 0.490 e. The standard InChI is InChI=1S/C14H18FNO/c15-14(8-7-11(16)9-14)10-1-3-12(4-2-10)17-13-5-6-13/h1-4,11,13H,5-9,16H2. The van der Waals surface area contributed by atoms with Gasteiger partial charge < -0.3 is 10.5 Å². The molecule has 0 aliphatic heterocycles. The Kier molecular flexibility index (Phi) is 2.58. The second kappa shape index (κ2) is 3.98. The Morgan fingerprint density at radius 3 is 2.41 bits per heavy atom. The summed E-state index contributed by atoms with van der Waals surface area (Å²) in [5.74, 6) is 0.849. The van der Waals surface area contributed by atoms with Gasteiger partial charge in [0.15, 0.2) is 0 Å². The van der Waals surface area contributed by atoms with E-state index in [1.165, 1.54) is 0 Å². The smallest absolute Gasteiger partial charge is 0.137 e. The van der Waals surface area contributed by atoms with Crippen LogP contribution in [0.15, 0.2) is 24.3 Å². The minimum absolute atomic E-state index is 0.00221. The molecule has 2 atom stereocenters. The van der Waals surface area contributed by atoms with Crippen molar-refractivity contribution in [3.63, 3.8) is 0 Å². The first kappa shape index (κ1) is 11.0. The van der Waals surface area contributed by atoms with Crippen LogP contribution in [-0.2, 0) is 5.67 Å². The van der Waals surface area contributed by atoms with E-state index < -0.39 is 5.67 Å². The number of rotatable bonds is 3. The molecule has 0 bridgehead atoms. The first-order chi connectivity index (χ1) is 8.16. The van der Waals surface area contributed by atoms with Gasteiger partial charge in [0.25, 0.3) is 0 Å². The highest BCUT2D eigenvalue weighted by molar-refractivity contribution is 5.32. The summed E-state index contributed by atoms with van der Waals surface area (Å²) in [5.41, 5.74) is 5.31. The lowest BCUT2D eigenvalue weighted by Crippen LogP contribution is -2.21. The van der Waals surface area contributed by atoms with E-state index in [1.54, 1.807) is 0 Å². The second-order valence-corrected chi connectivity index (χ2v) is 5.31. The third kappa shape index (κ3) is 2.29. The molecule has 0 saturated heterocycles. The van der Waals surface area contributed by atoms with Gasteiger partial charge in [-0.25, -0.2) is 4.39 Å². The summed E-state index contributed by atoms with van der Waals surface area (Å²) >= 11 is 0. The first-order valence-corrected chi connectivity index (χ1v) is 6.37. The molecule has 0 aromatic heterocycles. The predicted molar refractivity (Wildman–Crippen MR) is 64.7 cm³/mol. The van der Waals surface area contributed by atoms with E-state index in [-0.39, 0.29) is 6.04 Å². The van der Waals surface area contributed by atoms with Crippen LogP contribution < -0.4 is 10.5 Å². The maximum absolute atomic E-state index is 14.6. The van der Waals surface area contributed by atoms with E-state index in [2.05, 4.69) is 0 Å². The molecule has 1 aromatic rings. The molecule has 3 rings (SSSR count). The number of nitrogens with two attached hydrogens (primary N) is 1. The quantitative estimate of drug-likeness (QED) is 0.874. The fourth-order valence-electron chi connectivity index (χ4n) is 2.51. The minimum atomic E-state index is -1.22. The van der Waals surface area contributed by atoms with Gasteiger partial charge in [-0.05, 0) is 43.4 Å². The molecule has 0 radical (unpaired) electrons. The van der Waals surface area contributed by atoms with Crippen molar-refractivity contribution < 1.29 is 9.13 Å². The van der Waals surface area contributed by atoms with Gasteiger partial charge in [0.05, 0.1) is 6.10 Å². The number of benzene rings is 1. The molecular weight excluding hydrogens is 217 g/mol. The second-order valence-electron chi connectivity index (χ2n) is 5.31. The van der Waals surface area contributed by atoms with Crippen LogP contribution >= 0.6 is 0 Å². The Morgan fingerprint density at radius 2 is 1.88 bits per heavy atom. The molecule has 0 heterocycles. The highest BCUT2D eigenvalue weighted by atomic mass is 19.1. The van der Waals surface area contributed by atoms with Gasteiger partial charge in [0.2, 0.25) is 0 Å². The monoisotopic (exact) mass is 235 g/mol. The number of alkyl halides is 1. The number of halogens is 1. The van der Waals surface area contributed by atoms with E-state index in [0.717, 1.165) is 30.6 Å². The molecule has 2 aliphatic carbocycles. The molecule has 0 amide bonds. The Labute approximate surface area is 101 Å². The predicted octanol–water partition coefficient (Wildman–Crippen LogP) is 2.90. The van der Waals surface area contributed by atoms with E-state index in [0.29, 0.717) is 18.9 Å². The van der Waals surface area contributed by atoms with Crippen LogP contribution in [-0.4, -0.2) is 12.1 Å². The highest BCUT2D eigenvalue weighted by Gasteiger charge is 2.39. The molecule has 2 fully saturated rings. The van der Waals surface area contributed by atoms with Crippen LogP contribution in [0.4, 0.5) is 4.39 Å². The minimum Gasteiger partial charge on any atom is -0.490 e. The maximum atomic E-state index is 14.6. The molecule has 2 saturated carbocycles. The van der Waals surface area contributed by atoms with E-state index >= 15 is 0 Å². The van der Waals surface area contributed by atoms with Crippen molar-refractivity contribution >= 4 is 0 Å². The molecule has 2 nitrogen and oxygen atoms in total. The van der Waals surface area contributed by atoms with Crippen LogP contribution in [0.25, 0.3) is 0 Å². The average Bonchev–Trinajstić information content (AvgIpc) is 3.05. The van der Waals surface area contributed by atoms with Crippen LogP contribution in [0.5, 0.6) is 5.75 Å². The summed E-state index contributed by atoms with van der Waals surface area (Å²) in [6, 6.07) is 7.44. The molecule has 17 heavy (non-hydrogen) atoms. The molecule has 1 aromatic carbocycles. The van der Waals surface area contributed by atoms with Crippen molar-refractivity contribution in [2.24, 2.45) is 5.73 Å². The van der Waals surface area contributed by atoms with Gasteiger partial charge in [-0.3, -0.25) is 0 Å². The van der Waals surface area contributed by atoms with Crippen molar-refractivity contribution in [1.29, 1.82) is 0 Å². The summed E-state index contributed by atoms with van der Waals surface area (Å²) < 4.78 is 20.2. The van der Waals surface area contributed by atoms with E-state index in [4.69, 9.17) is 10.5 Å². The lowest BCUT2D eigenvalue weighted by molar-refractivity contribution is 0.172. The zero-order valence-corrected chi connectivity index (χ0v) is 9.86. The third-order valence-corrected chi connectivity index (χ3v) is 3.70. The summed E-state index contributed by atoms with van der Waals surface area (Å²) in [6.07, 6.45) is 4.43. The number of ether oxygens (including phenoxy) is 1. The van der Waals surface area contributed by atoms with Gasteiger partial charge in [0, 0.05) is 12.5 Å². The van der Waals surface area contributed by atoms with Crippen molar-refractivity contribution in [2.75, 3.05) is 0 Å². The normalized spacial score (nSPS) is 32.7. The first-order valence-electron chi connectivity index (χ1n) is 6.37. The molecular formula is C14H18FNO. The Hall–Kier alpha value is -1.09. The lowest BCUT2D eigenvalue weighted by Gasteiger charge is -2.20. The van der Waals surface area contributed by atoms with Gasteiger partial charge in [-0.15, -0.1) is 0 Å². The molecule has 3 heteroatoms. The highest BCUT2D eigenvalue weighted by Crippen LogP contribution is 2.42. The van der Waals surface area contributed by atoms with Gasteiger partial charge in [0.1, 0.15) is 11.4 Å². The molecule has 2 aliphatic rings. The summed E-state index contributed by atoms with van der Waals surface area (Å²) in [7, 11) is 0. The van der Waals surface area contributed by atoms with Crippen molar-refractivity contribution in [3.05, 3.63) is 29.8 Å². The third-order valence-electron chi connectivity index (χ3n) is 3.70. The summed E-state index contributed by atoms with van der Waals surface area (Å²) in [5, 5.41) is 0. The summed E-state index contributed by atoms with van der Waals surface area (Å²) in [4.78, 5) is 0. The Bertz CT molecular complexity index is 401. The molecule has 2 N–H and O–H groups in total. The zero-order valence-electron chi connectivity index (χ0n) is 9.86. The number of hydrogen-bond acceptors (Lipinski definition) is 2. The Morgan fingerprint density at radius 1 is 1.18 bits per heavy atom. The molecule has 0 spiro atoms. The number of hydrogen-bond donors (Lipinski definition) is 1. The van der Waals surface area contributed by atoms with Crippen molar-refractivity contribution in [2.45, 2.75) is 49.9 Å². The zero-order chi connectivity index (χ0) is 11.9. The van der Waals surface area contributed by atoms with E-state index in [1.807, 2.05) is 24.3 Å². The van der Waals surface area contributed by atoms with Crippen molar-refractivity contribution in [3.8, 4) is 5.75 Å². The van der Waals surface area contributed by atoms with E-state index in [9.17, 15) is 4.39 Å². The van der Waals surface area contributed by atoms with Crippen LogP contribution in [0.1, 0.15) is 37.7 Å². The topological polar surface area (TPSA) is 35.2 Å². The van der Waals surface area contributed by atoms with Gasteiger partial charge in [-0.1, -0.05) is 12.1 Å².